The minimum absolute atomic E-state index is 0.0969. The number of carbonyl (C=O) groups excluding carboxylic acids is 1. The smallest absolute Gasteiger partial charge is 0.406 e. The van der Waals surface area contributed by atoms with Gasteiger partial charge in [-0.05, 0) is 50.2 Å². The molecule has 0 aromatic heterocycles. The summed E-state index contributed by atoms with van der Waals surface area (Å²) in [5.41, 5.74) is 2.50. The first-order valence-corrected chi connectivity index (χ1v) is 10.6. The van der Waals surface area contributed by atoms with Crippen molar-refractivity contribution in [1.29, 1.82) is 0 Å². The number of hydrogen-bond acceptors (Lipinski definition) is 4. The highest BCUT2D eigenvalue weighted by Gasteiger charge is 2.33. The maximum absolute atomic E-state index is 12.8. The summed E-state index contributed by atoms with van der Waals surface area (Å²) in [7, 11) is -3.89. The SMILES string of the molecule is Cc1cc(C)cc(C(=O)N2CCN(S(=O)(=O)c3ccc(OC(F)(F)F)cc3)CC2)c1. The topological polar surface area (TPSA) is 66.9 Å². The standard InChI is InChI=1S/C20H21F3N2O4S/c1-14-11-15(2)13-16(12-14)19(26)24-7-9-25(10-8-24)30(27,28)18-5-3-17(4-6-18)29-20(21,22)23/h3-6,11-13H,7-10H2,1-2H3. The molecule has 2 aromatic rings. The first-order valence-electron chi connectivity index (χ1n) is 9.19. The summed E-state index contributed by atoms with van der Waals surface area (Å²) < 4.78 is 67.3. The molecule has 1 fully saturated rings. The molecule has 0 aliphatic carbocycles. The van der Waals surface area contributed by atoms with E-state index >= 15 is 0 Å². The molecular formula is C20H21F3N2O4S. The van der Waals surface area contributed by atoms with Crippen LogP contribution in [-0.4, -0.2) is 56.1 Å². The monoisotopic (exact) mass is 442 g/mol. The molecule has 0 atom stereocenters. The molecule has 2 aromatic carbocycles. The van der Waals surface area contributed by atoms with E-state index in [0.717, 1.165) is 35.4 Å². The number of benzene rings is 2. The molecule has 10 heteroatoms. The van der Waals surface area contributed by atoms with Crippen LogP contribution in [0.25, 0.3) is 0 Å². The average Bonchev–Trinajstić information content (AvgIpc) is 2.66. The Morgan fingerprint density at radius 2 is 1.47 bits per heavy atom. The summed E-state index contributed by atoms with van der Waals surface area (Å²) in [6.45, 7) is 4.44. The zero-order valence-electron chi connectivity index (χ0n) is 16.4. The van der Waals surface area contributed by atoms with E-state index in [1.165, 1.54) is 4.31 Å². The van der Waals surface area contributed by atoms with Gasteiger partial charge in [0.15, 0.2) is 0 Å². The Kier molecular flexibility index (Phi) is 6.09. The van der Waals surface area contributed by atoms with Gasteiger partial charge in [-0.2, -0.15) is 4.31 Å². The van der Waals surface area contributed by atoms with Crippen LogP contribution in [0.5, 0.6) is 5.75 Å². The highest BCUT2D eigenvalue weighted by atomic mass is 32.2. The Hall–Kier alpha value is -2.59. The van der Waals surface area contributed by atoms with Crippen LogP contribution in [0.15, 0.2) is 47.4 Å². The number of amides is 1. The van der Waals surface area contributed by atoms with Gasteiger partial charge in [-0.25, -0.2) is 8.42 Å². The number of piperazine rings is 1. The number of carbonyl (C=O) groups is 1. The van der Waals surface area contributed by atoms with Gasteiger partial charge in [0, 0.05) is 31.7 Å². The van der Waals surface area contributed by atoms with E-state index in [2.05, 4.69) is 4.74 Å². The Morgan fingerprint density at radius 3 is 1.97 bits per heavy atom. The van der Waals surface area contributed by atoms with E-state index in [0.29, 0.717) is 5.56 Å². The van der Waals surface area contributed by atoms with Crippen LogP contribution in [0.4, 0.5) is 13.2 Å². The van der Waals surface area contributed by atoms with Crippen LogP contribution < -0.4 is 4.74 Å². The molecule has 1 amide bonds. The second-order valence-corrected chi connectivity index (χ2v) is 9.03. The Morgan fingerprint density at radius 1 is 0.933 bits per heavy atom. The summed E-state index contributed by atoms with van der Waals surface area (Å²) in [6, 6.07) is 9.62. The lowest BCUT2D eigenvalue weighted by atomic mass is 10.1. The van der Waals surface area contributed by atoms with Crippen molar-refractivity contribution in [3.8, 4) is 5.75 Å². The molecule has 1 saturated heterocycles. The van der Waals surface area contributed by atoms with Crippen molar-refractivity contribution in [3.63, 3.8) is 0 Å². The molecule has 1 heterocycles. The molecule has 3 rings (SSSR count). The molecule has 1 aliphatic rings. The Bertz CT molecular complexity index is 1010. The van der Waals surface area contributed by atoms with Gasteiger partial charge < -0.3 is 9.64 Å². The van der Waals surface area contributed by atoms with E-state index in [9.17, 15) is 26.4 Å². The Labute approximate surface area is 172 Å². The zero-order chi connectivity index (χ0) is 22.1. The molecule has 0 N–H and O–H groups in total. The number of sulfonamides is 1. The first kappa shape index (κ1) is 22.1. The fourth-order valence-electron chi connectivity index (χ4n) is 3.37. The summed E-state index contributed by atoms with van der Waals surface area (Å²) in [5, 5.41) is 0. The fraction of sp³-hybridized carbons (Fsp3) is 0.350. The lowest BCUT2D eigenvalue weighted by Gasteiger charge is -2.34. The van der Waals surface area contributed by atoms with E-state index in [-0.39, 0.29) is 37.0 Å². The molecule has 6 nitrogen and oxygen atoms in total. The fourth-order valence-corrected chi connectivity index (χ4v) is 4.80. The van der Waals surface area contributed by atoms with Gasteiger partial charge in [0.05, 0.1) is 4.90 Å². The predicted octanol–water partition coefficient (Wildman–Crippen LogP) is 3.35. The number of hydrogen-bond donors (Lipinski definition) is 0. The maximum Gasteiger partial charge on any atom is 0.573 e. The predicted molar refractivity (Wildman–Crippen MR) is 104 cm³/mol. The maximum atomic E-state index is 12.8. The van der Waals surface area contributed by atoms with Crippen molar-refractivity contribution in [1.82, 2.24) is 9.21 Å². The van der Waals surface area contributed by atoms with Gasteiger partial charge in [-0.1, -0.05) is 17.2 Å². The molecule has 0 unspecified atom stereocenters. The van der Waals surface area contributed by atoms with Gasteiger partial charge in [0.2, 0.25) is 10.0 Å². The molecule has 0 spiro atoms. The number of aryl methyl sites for hydroxylation is 2. The molecule has 162 valence electrons. The van der Waals surface area contributed by atoms with Gasteiger partial charge in [0.25, 0.3) is 5.91 Å². The van der Waals surface area contributed by atoms with Gasteiger partial charge in [0.1, 0.15) is 5.75 Å². The lowest BCUT2D eigenvalue weighted by molar-refractivity contribution is -0.274. The number of ether oxygens (including phenoxy) is 1. The first-order chi connectivity index (χ1) is 14.0. The van der Waals surface area contributed by atoms with Crippen molar-refractivity contribution in [2.24, 2.45) is 0 Å². The summed E-state index contributed by atoms with van der Waals surface area (Å²) in [6.07, 6.45) is -4.85. The molecule has 30 heavy (non-hydrogen) atoms. The number of alkyl halides is 3. The largest absolute Gasteiger partial charge is 0.573 e. The summed E-state index contributed by atoms with van der Waals surface area (Å²) in [5.74, 6) is -0.655. The van der Waals surface area contributed by atoms with E-state index in [4.69, 9.17) is 0 Å². The normalized spacial score (nSPS) is 15.8. The molecule has 1 aliphatic heterocycles. The van der Waals surface area contributed by atoms with Crippen LogP contribution in [-0.2, 0) is 10.0 Å². The molecule has 0 saturated carbocycles. The molecular weight excluding hydrogens is 421 g/mol. The van der Waals surface area contributed by atoms with Crippen LogP contribution in [0.1, 0.15) is 21.5 Å². The molecule has 0 radical (unpaired) electrons. The van der Waals surface area contributed by atoms with Crippen molar-refractivity contribution in [3.05, 3.63) is 59.2 Å². The number of rotatable bonds is 4. The average molecular weight is 442 g/mol. The quantitative estimate of drug-likeness (QED) is 0.729. The molecule has 0 bridgehead atoms. The zero-order valence-corrected chi connectivity index (χ0v) is 17.3. The van der Waals surface area contributed by atoms with E-state index < -0.39 is 22.1 Å². The van der Waals surface area contributed by atoms with Crippen LogP contribution in [0.3, 0.4) is 0 Å². The van der Waals surface area contributed by atoms with Crippen molar-refractivity contribution in [2.45, 2.75) is 25.1 Å². The minimum Gasteiger partial charge on any atom is -0.406 e. The minimum atomic E-state index is -4.85. The highest BCUT2D eigenvalue weighted by molar-refractivity contribution is 7.89. The van der Waals surface area contributed by atoms with Crippen LogP contribution in [0, 0.1) is 13.8 Å². The second kappa shape index (κ2) is 8.27. The van der Waals surface area contributed by atoms with Crippen molar-refractivity contribution >= 4 is 15.9 Å². The van der Waals surface area contributed by atoms with E-state index in [1.807, 2.05) is 19.9 Å². The summed E-state index contributed by atoms with van der Waals surface area (Å²) in [4.78, 5) is 14.2. The van der Waals surface area contributed by atoms with Crippen molar-refractivity contribution < 1.29 is 31.1 Å². The van der Waals surface area contributed by atoms with Crippen LogP contribution >= 0.6 is 0 Å². The second-order valence-electron chi connectivity index (χ2n) is 7.09. The third-order valence-electron chi connectivity index (χ3n) is 4.69. The Balaban J connectivity index is 1.67. The van der Waals surface area contributed by atoms with E-state index in [1.54, 1.807) is 17.0 Å². The number of halogens is 3. The van der Waals surface area contributed by atoms with Crippen molar-refractivity contribution in [2.75, 3.05) is 26.2 Å². The summed E-state index contributed by atoms with van der Waals surface area (Å²) >= 11 is 0. The number of nitrogens with zero attached hydrogens (tertiary/aromatic N) is 2. The third-order valence-corrected chi connectivity index (χ3v) is 6.60. The van der Waals surface area contributed by atoms with Gasteiger partial charge in [-0.3, -0.25) is 4.79 Å². The van der Waals surface area contributed by atoms with Gasteiger partial charge >= 0.3 is 6.36 Å². The lowest BCUT2D eigenvalue weighted by Crippen LogP contribution is -2.50. The van der Waals surface area contributed by atoms with Crippen LogP contribution in [0.2, 0.25) is 0 Å². The van der Waals surface area contributed by atoms with Gasteiger partial charge in [-0.15, -0.1) is 13.2 Å². The highest BCUT2D eigenvalue weighted by Crippen LogP contribution is 2.25. The third kappa shape index (κ3) is 5.11.